The molecule has 0 aliphatic heterocycles. The maximum absolute atomic E-state index is 9.74. The first kappa shape index (κ1) is 11.9. The standard InChI is InChI=1S/C12H17N3O2/c1-7(2)10(8(3)16)12-14-11(15-17-12)9-5-4-6-13-9/h4-8,10,13,16H,1-3H3. The van der Waals surface area contributed by atoms with Crippen molar-refractivity contribution in [2.75, 3.05) is 0 Å². The van der Waals surface area contributed by atoms with Crippen LogP contribution in [-0.4, -0.2) is 26.3 Å². The topological polar surface area (TPSA) is 74.9 Å². The van der Waals surface area contributed by atoms with E-state index in [1.165, 1.54) is 0 Å². The van der Waals surface area contributed by atoms with E-state index in [-0.39, 0.29) is 11.8 Å². The summed E-state index contributed by atoms with van der Waals surface area (Å²) in [6.07, 6.45) is 1.30. The van der Waals surface area contributed by atoms with Gasteiger partial charge in [-0.25, -0.2) is 0 Å². The predicted molar refractivity (Wildman–Crippen MR) is 63.3 cm³/mol. The highest BCUT2D eigenvalue weighted by Crippen LogP contribution is 2.27. The number of hydrogen-bond donors (Lipinski definition) is 2. The van der Waals surface area contributed by atoms with E-state index in [2.05, 4.69) is 15.1 Å². The lowest BCUT2D eigenvalue weighted by atomic mass is 9.91. The molecule has 0 radical (unpaired) electrons. The second-order valence-corrected chi connectivity index (χ2v) is 4.55. The number of aromatic nitrogens is 3. The van der Waals surface area contributed by atoms with Crippen LogP contribution in [0.3, 0.4) is 0 Å². The molecule has 0 saturated carbocycles. The van der Waals surface area contributed by atoms with E-state index in [1.54, 1.807) is 13.1 Å². The summed E-state index contributed by atoms with van der Waals surface area (Å²) in [6, 6.07) is 3.75. The van der Waals surface area contributed by atoms with E-state index >= 15 is 0 Å². The van der Waals surface area contributed by atoms with Gasteiger partial charge in [0.1, 0.15) is 0 Å². The zero-order chi connectivity index (χ0) is 12.4. The quantitative estimate of drug-likeness (QED) is 0.851. The van der Waals surface area contributed by atoms with Crippen LogP contribution >= 0.6 is 0 Å². The van der Waals surface area contributed by atoms with Gasteiger partial charge in [-0.05, 0) is 25.0 Å². The van der Waals surface area contributed by atoms with Crippen molar-refractivity contribution in [2.24, 2.45) is 5.92 Å². The van der Waals surface area contributed by atoms with E-state index in [4.69, 9.17) is 4.52 Å². The summed E-state index contributed by atoms with van der Waals surface area (Å²) < 4.78 is 5.23. The minimum absolute atomic E-state index is 0.133. The minimum atomic E-state index is -0.507. The molecule has 2 aromatic rings. The van der Waals surface area contributed by atoms with Gasteiger partial charge in [0.25, 0.3) is 0 Å². The maximum Gasteiger partial charge on any atom is 0.232 e. The third kappa shape index (κ3) is 2.39. The minimum Gasteiger partial charge on any atom is -0.393 e. The molecule has 2 unspecified atom stereocenters. The molecular weight excluding hydrogens is 218 g/mol. The number of aromatic amines is 1. The molecule has 0 saturated heterocycles. The smallest absolute Gasteiger partial charge is 0.232 e. The lowest BCUT2D eigenvalue weighted by Crippen LogP contribution is -2.20. The van der Waals surface area contributed by atoms with Crippen molar-refractivity contribution in [3.63, 3.8) is 0 Å². The summed E-state index contributed by atoms with van der Waals surface area (Å²) in [5.41, 5.74) is 0.813. The van der Waals surface area contributed by atoms with Gasteiger partial charge >= 0.3 is 0 Å². The lowest BCUT2D eigenvalue weighted by molar-refractivity contribution is 0.120. The normalized spacial score (nSPS) is 15.1. The van der Waals surface area contributed by atoms with Crippen LogP contribution in [0, 0.1) is 5.92 Å². The number of nitrogens with zero attached hydrogens (tertiary/aromatic N) is 2. The van der Waals surface area contributed by atoms with Crippen molar-refractivity contribution in [1.29, 1.82) is 0 Å². The highest BCUT2D eigenvalue weighted by Gasteiger charge is 2.27. The van der Waals surface area contributed by atoms with Gasteiger partial charge < -0.3 is 14.6 Å². The molecule has 0 amide bonds. The zero-order valence-corrected chi connectivity index (χ0v) is 10.2. The third-order valence-corrected chi connectivity index (χ3v) is 2.80. The van der Waals surface area contributed by atoms with Gasteiger partial charge in [0.2, 0.25) is 11.7 Å². The Hall–Kier alpha value is -1.62. The summed E-state index contributed by atoms with van der Waals surface area (Å²) in [5.74, 6) is 1.12. The van der Waals surface area contributed by atoms with Crippen molar-refractivity contribution in [1.82, 2.24) is 15.1 Å². The van der Waals surface area contributed by atoms with Crippen molar-refractivity contribution < 1.29 is 9.63 Å². The van der Waals surface area contributed by atoms with E-state index in [1.807, 2.05) is 26.0 Å². The Morgan fingerprint density at radius 3 is 2.65 bits per heavy atom. The molecule has 2 rings (SSSR count). The van der Waals surface area contributed by atoms with Gasteiger partial charge in [-0.2, -0.15) is 4.98 Å². The molecule has 0 fully saturated rings. The summed E-state index contributed by atoms with van der Waals surface area (Å²) in [7, 11) is 0. The number of hydrogen-bond acceptors (Lipinski definition) is 4. The summed E-state index contributed by atoms with van der Waals surface area (Å²) in [5, 5.41) is 13.7. The summed E-state index contributed by atoms with van der Waals surface area (Å²) in [6.45, 7) is 5.79. The molecular formula is C12H17N3O2. The fourth-order valence-corrected chi connectivity index (χ4v) is 2.00. The molecule has 2 aromatic heterocycles. The Morgan fingerprint density at radius 2 is 2.12 bits per heavy atom. The third-order valence-electron chi connectivity index (χ3n) is 2.80. The average Bonchev–Trinajstić information content (AvgIpc) is 2.83. The van der Waals surface area contributed by atoms with Gasteiger partial charge in [0.15, 0.2) is 0 Å². The Morgan fingerprint density at radius 1 is 1.35 bits per heavy atom. The predicted octanol–water partition coefficient (Wildman–Crippen LogP) is 2.19. The molecule has 0 aliphatic carbocycles. The number of nitrogens with one attached hydrogen (secondary N) is 1. The fourth-order valence-electron chi connectivity index (χ4n) is 2.00. The largest absolute Gasteiger partial charge is 0.393 e. The molecule has 0 bridgehead atoms. The first-order chi connectivity index (χ1) is 8.09. The van der Waals surface area contributed by atoms with E-state index in [0.717, 1.165) is 5.69 Å². The van der Waals surface area contributed by atoms with Gasteiger partial charge in [-0.1, -0.05) is 19.0 Å². The number of H-pyrrole nitrogens is 1. The maximum atomic E-state index is 9.74. The SMILES string of the molecule is CC(C)C(c1nc(-c2ccc[nH]2)no1)C(C)O. The molecule has 17 heavy (non-hydrogen) atoms. The van der Waals surface area contributed by atoms with Crippen LogP contribution in [0.2, 0.25) is 0 Å². The Bertz CT molecular complexity index is 452. The summed E-state index contributed by atoms with van der Waals surface area (Å²) >= 11 is 0. The first-order valence-corrected chi connectivity index (χ1v) is 5.75. The van der Waals surface area contributed by atoms with E-state index < -0.39 is 6.10 Å². The average molecular weight is 235 g/mol. The van der Waals surface area contributed by atoms with Crippen LogP contribution < -0.4 is 0 Å². The monoisotopic (exact) mass is 235 g/mol. The molecule has 2 atom stereocenters. The van der Waals surface area contributed by atoms with Crippen LogP contribution in [0.1, 0.15) is 32.6 Å². The molecule has 2 N–H and O–H groups in total. The molecule has 92 valence electrons. The van der Waals surface area contributed by atoms with Crippen LogP contribution in [0.5, 0.6) is 0 Å². The van der Waals surface area contributed by atoms with Gasteiger partial charge in [-0.3, -0.25) is 0 Å². The Kier molecular flexibility index (Phi) is 3.28. The number of aliphatic hydroxyl groups is 1. The van der Waals surface area contributed by atoms with Crippen LogP contribution in [0.25, 0.3) is 11.5 Å². The lowest BCUT2D eigenvalue weighted by Gasteiger charge is -2.19. The van der Waals surface area contributed by atoms with Crippen molar-refractivity contribution in [2.45, 2.75) is 32.8 Å². The van der Waals surface area contributed by atoms with Crippen molar-refractivity contribution >= 4 is 0 Å². The van der Waals surface area contributed by atoms with Gasteiger partial charge in [0, 0.05) is 6.20 Å². The molecule has 0 aliphatic rings. The molecule has 5 nitrogen and oxygen atoms in total. The highest BCUT2D eigenvalue weighted by atomic mass is 16.5. The second kappa shape index (κ2) is 4.71. The number of rotatable bonds is 4. The summed E-state index contributed by atoms with van der Waals surface area (Å²) in [4.78, 5) is 7.34. The van der Waals surface area contributed by atoms with Gasteiger partial charge in [0.05, 0.1) is 17.7 Å². The highest BCUT2D eigenvalue weighted by molar-refractivity contribution is 5.47. The number of aliphatic hydroxyl groups excluding tert-OH is 1. The first-order valence-electron chi connectivity index (χ1n) is 5.75. The van der Waals surface area contributed by atoms with Crippen molar-refractivity contribution in [3.8, 4) is 11.5 Å². The molecule has 0 spiro atoms. The van der Waals surface area contributed by atoms with Crippen LogP contribution in [0.4, 0.5) is 0 Å². The fraction of sp³-hybridized carbons (Fsp3) is 0.500. The van der Waals surface area contributed by atoms with Crippen LogP contribution in [0.15, 0.2) is 22.9 Å². The Labute approximate surface area is 99.9 Å². The van der Waals surface area contributed by atoms with E-state index in [9.17, 15) is 5.11 Å². The van der Waals surface area contributed by atoms with Crippen LogP contribution in [-0.2, 0) is 0 Å². The van der Waals surface area contributed by atoms with Crippen molar-refractivity contribution in [3.05, 3.63) is 24.2 Å². The Balaban J connectivity index is 2.28. The molecule has 5 heteroatoms. The zero-order valence-electron chi connectivity index (χ0n) is 10.2. The molecule has 0 aromatic carbocycles. The second-order valence-electron chi connectivity index (χ2n) is 4.55. The molecule has 2 heterocycles. The van der Waals surface area contributed by atoms with E-state index in [0.29, 0.717) is 11.7 Å². The van der Waals surface area contributed by atoms with Gasteiger partial charge in [-0.15, -0.1) is 0 Å².